The Morgan fingerprint density at radius 3 is 3.00 bits per heavy atom. The van der Waals surface area contributed by atoms with E-state index in [1.807, 2.05) is 0 Å². The number of rotatable bonds is 2. The van der Waals surface area contributed by atoms with E-state index >= 15 is 0 Å². The van der Waals surface area contributed by atoms with E-state index in [0.29, 0.717) is 12.2 Å². The summed E-state index contributed by atoms with van der Waals surface area (Å²) in [6.45, 7) is 2.02. The fourth-order valence-corrected chi connectivity index (χ4v) is 0.980. The highest BCUT2D eigenvalue weighted by Gasteiger charge is 2.12. The number of carbonyl (C=O) groups is 1. The van der Waals surface area contributed by atoms with Crippen LogP contribution in [0.4, 0.5) is 5.69 Å². The van der Waals surface area contributed by atoms with Gasteiger partial charge in [0.15, 0.2) is 5.69 Å². The Hall–Kier alpha value is -1.96. The number of aromatic nitrogens is 2. The van der Waals surface area contributed by atoms with Crippen LogP contribution in [-0.4, -0.2) is 22.2 Å². The maximum absolute atomic E-state index is 11.4. The maximum atomic E-state index is 11.4. The van der Waals surface area contributed by atoms with Crippen LogP contribution in [0.1, 0.15) is 17.4 Å². The summed E-state index contributed by atoms with van der Waals surface area (Å²) in [5, 5.41) is 6.51. The average Bonchev–Trinajstić information content (AvgIpc) is 2.45. The minimum absolute atomic E-state index is 0.241. The van der Waals surface area contributed by atoms with Gasteiger partial charge in [0.1, 0.15) is 0 Å². The Morgan fingerprint density at radius 1 is 1.79 bits per heavy atom. The van der Waals surface area contributed by atoms with Crippen molar-refractivity contribution in [2.75, 3.05) is 12.3 Å². The summed E-state index contributed by atoms with van der Waals surface area (Å²) in [7, 11) is 1.71. The molecule has 1 aromatic heterocycles. The molecule has 0 unspecified atom stereocenters. The van der Waals surface area contributed by atoms with Gasteiger partial charge in [-0.1, -0.05) is 5.92 Å². The van der Waals surface area contributed by atoms with Crippen LogP contribution >= 0.6 is 0 Å². The van der Waals surface area contributed by atoms with Gasteiger partial charge in [-0.25, -0.2) is 0 Å². The lowest BCUT2D eigenvalue weighted by Crippen LogP contribution is -2.25. The molecule has 74 valence electrons. The van der Waals surface area contributed by atoms with Gasteiger partial charge in [0.05, 0.1) is 12.2 Å². The number of nitrogen functional groups attached to an aromatic ring is 1. The van der Waals surface area contributed by atoms with Crippen molar-refractivity contribution in [1.82, 2.24) is 15.1 Å². The molecule has 0 atom stereocenters. The van der Waals surface area contributed by atoms with Crippen LogP contribution in [0.25, 0.3) is 0 Å². The smallest absolute Gasteiger partial charge is 0.274 e. The normalized spacial score (nSPS) is 9.00. The lowest BCUT2D eigenvalue weighted by atomic mass is 10.3. The van der Waals surface area contributed by atoms with E-state index in [0.717, 1.165) is 0 Å². The molecule has 5 nitrogen and oxygen atoms in total. The van der Waals surface area contributed by atoms with E-state index in [9.17, 15) is 4.79 Å². The van der Waals surface area contributed by atoms with Gasteiger partial charge in [0.25, 0.3) is 5.91 Å². The molecule has 0 saturated carbocycles. The minimum Gasteiger partial charge on any atom is -0.396 e. The van der Waals surface area contributed by atoms with E-state index in [2.05, 4.69) is 22.3 Å². The van der Waals surface area contributed by atoms with Crippen molar-refractivity contribution < 1.29 is 4.79 Å². The summed E-state index contributed by atoms with van der Waals surface area (Å²) in [5.41, 5.74) is 6.18. The average molecular weight is 192 g/mol. The zero-order valence-electron chi connectivity index (χ0n) is 8.16. The van der Waals surface area contributed by atoms with Crippen molar-refractivity contribution in [1.29, 1.82) is 0 Å². The van der Waals surface area contributed by atoms with Crippen molar-refractivity contribution in [2.45, 2.75) is 6.92 Å². The number of hydrogen-bond donors (Lipinski definition) is 2. The van der Waals surface area contributed by atoms with Crippen molar-refractivity contribution in [3.05, 3.63) is 11.9 Å². The van der Waals surface area contributed by atoms with E-state index < -0.39 is 0 Å². The summed E-state index contributed by atoms with van der Waals surface area (Å²) in [6, 6.07) is 0. The van der Waals surface area contributed by atoms with Crippen molar-refractivity contribution in [3.8, 4) is 11.8 Å². The molecule has 1 rings (SSSR count). The molecule has 0 saturated heterocycles. The quantitative estimate of drug-likeness (QED) is 0.635. The first kappa shape index (κ1) is 10.1. The zero-order valence-corrected chi connectivity index (χ0v) is 8.16. The number of nitrogens with zero attached hydrogens (tertiary/aromatic N) is 2. The molecule has 1 amide bonds. The molecule has 0 fully saturated rings. The monoisotopic (exact) mass is 192 g/mol. The van der Waals surface area contributed by atoms with Crippen LogP contribution in [0.2, 0.25) is 0 Å². The molecular weight excluding hydrogens is 180 g/mol. The first-order valence-corrected chi connectivity index (χ1v) is 4.12. The standard InChI is InChI=1S/C9H12N4O/c1-3-4-5-11-9(14)8-7(10)6-13(2)12-8/h6H,5,10H2,1-2H3,(H,11,14). The summed E-state index contributed by atoms with van der Waals surface area (Å²) < 4.78 is 1.50. The Labute approximate surface area is 82.3 Å². The molecule has 1 aromatic rings. The van der Waals surface area contributed by atoms with E-state index in [1.165, 1.54) is 4.68 Å². The number of aryl methyl sites for hydroxylation is 1. The first-order chi connectivity index (χ1) is 6.65. The number of nitrogens with one attached hydrogen (secondary N) is 1. The van der Waals surface area contributed by atoms with Crippen LogP contribution in [0.5, 0.6) is 0 Å². The van der Waals surface area contributed by atoms with Crippen LogP contribution < -0.4 is 11.1 Å². The molecular formula is C9H12N4O. The third kappa shape index (κ3) is 2.26. The van der Waals surface area contributed by atoms with Crippen molar-refractivity contribution >= 4 is 11.6 Å². The van der Waals surface area contributed by atoms with Gasteiger partial charge in [-0.05, 0) is 6.92 Å². The second kappa shape index (κ2) is 4.33. The number of carbonyl (C=O) groups excluding carboxylic acids is 1. The number of hydrogen-bond acceptors (Lipinski definition) is 3. The third-order valence-electron chi connectivity index (χ3n) is 1.59. The molecule has 0 aliphatic heterocycles. The lowest BCUT2D eigenvalue weighted by molar-refractivity contribution is 0.0954. The maximum Gasteiger partial charge on any atom is 0.274 e. The van der Waals surface area contributed by atoms with Gasteiger partial charge in [-0.3, -0.25) is 9.48 Å². The molecule has 0 spiro atoms. The third-order valence-corrected chi connectivity index (χ3v) is 1.59. The number of amides is 1. The topological polar surface area (TPSA) is 72.9 Å². The molecule has 14 heavy (non-hydrogen) atoms. The summed E-state index contributed by atoms with van der Waals surface area (Å²) in [5.74, 6) is 5.09. The van der Waals surface area contributed by atoms with Gasteiger partial charge >= 0.3 is 0 Å². The second-order valence-electron chi connectivity index (χ2n) is 2.72. The van der Waals surface area contributed by atoms with E-state index in [-0.39, 0.29) is 11.6 Å². The highest BCUT2D eigenvalue weighted by Crippen LogP contribution is 2.06. The van der Waals surface area contributed by atoms with Gasteiger partial charge in [0.2, 0.25) is 0 Å². The minimum atomic E-state index is -0.300. The molecule has 3 N–H and O–H groups in total. The van der Waals surface area contributed by atoms with E-state index in [4.69, 9.17) is 5.73 Å². The van der Waals surface area contributed by atoms with Gasteiger partial charge in [-0.2, -0.15) is 5.10 Å². The fourth-order valence-electron chi connectivity index (χ4n) is 0.980. The summed E-state index contributed by atoms with van der Waals surface area (Å²) in [4.78, 5) is 11.4. The van der Waals surface area contributed by atoms with Crippen molar-refractivity contribution in [3.63, 3.8) is 0 Å². The van der Waals surface area contributed by atoms with Gasteiger partial charge in [-0.15, -0.1) is 5.92 Å². The Kier molecular flexibility index (Phi) is 3.13. The van der Waals surface area contributed by atoms with Crippen LogP contribution in [-0.2, 0) is 7.05 Å². The molecule has 0 bridgehead atoms. The molecule has 0 radical (unpaired) electrons. The molecule has 0 aliphatic rings. The van der Waals surface area contributed by atoms with Gasteiger partial charge in [0, 0.05) is 13.2 Å². The predicted octanol–water partition coefficient (Wildman–Crippen LogP) is -0.245. The summed E-state index contributed by atoms with van der Waals surface area (Å²) in [6.07, 6.45) is 1.58. The number of nitrogens with two attached hydrogens (primary N) is 1. The Balaban J connectivity index is 2.68. The molecule has 5 heteroatoms. The predicted molar refractivity (Wildman–Crippen MR) is 53.4 cm³/mol. The van der Waals surface area contributed by atoms with E-state index in [1.54, 1.807) is 20.2 Å². The Bertz CT molecular complexity index is 397. The van der Waals surface area contributed by atoms with Gasteiger partial charge < -0.3 is 11.1 Å². The number of anilines is 1. The highest BCUT2D eigenvalue weighted by molar-refractivity contribution is 5.97. The second-order valence-corrected chi connectivity index (χ2v) is 2.72. The SMILES string of the molecule is CC#CCNC(=O)c1nn(C)cc1N. The molecule has 0 aliphatic carbocycles. The van der Waals surface area contributed by atoms with Crippen molar-refractivity contribution in [2.24, 2.45) is 7.05 Å². The molecule has 1 heterocycles. The van der Waals surface area contributed by atoms with Crippen LogP contribution in [0.15, 0.2) is 6.20 Å². The lowest BCUT2D eigenvalue weighted by Gasteiger charge is -1.97. The zero-order chi connectivity index (χ0) is 10.6. The van der Waals surface area contributed by atoms with Crippen LogP contribution in [0, 0.1) is 11.8 Å². The molecule has 0 aromatic carbocycles. The highest BCUT2D eigenvalue weighted by atomic mass is 16.1. The largest absolute Gasteiger partial charge is 0.396 e. The first-order valence-electron chi connectivity index (χ1n) is 4.12. The summed E-state index contributed by atoms with van der Waals surface area (Å²) >= 11 is 0. The fraction of sp³-hybridized carbons (Fsp3) is 0.333. The Morgan fingerprint density at radius 2 is 2.50 bits per heavy atom. The van der Waals surface area contributed by atoms with Crippen LogP contribution in [0.3, 0.4) is 0 Å².